The lowest BCUT2D eigenvalue weighted by molar-refractivity contribution is -0.117. The standard InChI is InChI=1S/C20H15N3O/c21-13-17(20(24)22-14-15-6-2-1-3-7-15)12-18-11-10-16-8-4-5-9-19(16)23-18/h1-12H,14H2,(H,22,24)/b17-12+. The van der Waals surface area contributed by atoms with E-state index in [2.05, 4.69) is 10.3 Å². The molecule has 4 nitrogen and oxygen atoms in total. The Balaban J connectivity index is 1.77. The molecule has 0 aliphatic heterocycles. The van der Waals surface area contributed by atoms with Crippen molar-refractivity contribution in [2.45, 2.75) is 6.54 Å². The fourth-order valence-electron chi connectivity index (χ4n) is 2.33. The molecule has 0 atom stereocenters. The number of benzene rings is 2. The minimum Gasteiger partial charge on any atom is -0.347 e. The van der Waals surface area contributed by atoms with Crippen LogP contribution in [0.5, 0.6) is 0 Å². The van der Waals surface area contributed by atoms with Gasteiger partial charge in [-0.1, -0.05) is 54.6 Å². The van der Waals surface area contributed by atoms with Crippen LogP contribution >= 0.6 is 0 Å². The summed E-state index contributed by atoms with van der Waals surface area (Å²) in [5.41, 5.74) is 2.43. The minimum absolute atomic E-state index is 0.0358. The lowest BCUT2D eigenvalue weighted by Crippen LogP contribution is -2.23. The molecular weight excluding hydrogens is 298 g/mol. The van der Waals surface area contributed by atoms with Crippen LogP contribution in [-0.2, 0) is 11.3 Å². The van der Waals surface area contributed by atoms with Gasteiger partial charge in [0.05, 0.1) is 11.2 Å². The molecule has 0 spiro atoms. The first-order valence-corrected chi connectivity index (χ1v) is 7.56. The largest absolute Gasteiger partial charge is 0.347 e. The third kappa shape index (κ3) is 3.65. The van der Waals surface area contributed by atoms with E-state index in [0.29, 0.717) is 12.2 Å². The lowest BCUT2D eigenvalue weighted by Gasteiger charge is -2.04. The minimum atomic E-state index is -0.406. The molecule has 0 bridgehead atoms. The quantitative estimate of drug-likeness (QED) is 0.592. The van der Waals surface area contributed by atoms with Gasteiger partial charge in [-0.25, -0.2) is 4.98 Å². The summed E-state index contributed by atoms with van der Waals surface area (Å²) in [5.74, 6) is -0.406. The van der Waals surface area contributed by atoms with Crippen LogP contribution in [0, 0.1) is 11.3 Å². The van der Waals surface area contributed by atoms with E-state index in [1.807, 2.05) is 66.7 Å². The Bertz CT molecular complexity index is 940. The maximum absolute atomic E-state index is 12.2. The number of hydrogen-bond donors (Lipinski definition) is 1. The van der Waals surface area contributed by atoms with Gasteiger partial charge in [0.2, 0.25) is 0 Å². The Kier molecular flexibility index (Phi) is 4.64. The number of para-hydroxylation sites is 1. The van der Waals surface area contributed by atoms with Crippen LogP contribution in [0.15, 0.2) is 72.3 Å². The van der Waals surface area contributed by atoms with Crippen LogP contribution in [0.3, 0.4) is 0 Å². The summed E-state index contributed by atoms with van der Waals surface area (Å²) in [6.45, 7) is 0.379. The number of nitriles is 1. The highest BCUT2D eigenvalue weighted by atomic mass is 16.1. The molecule has 0 saturated carbocycles. The van der Waals surface area contributed by atoms with Crippen molar-refractivity contribution in [1.82, 2.24) is 10.3 Å². The zero-order chi connectivity index (χ0) is 16.8. The van der Waals surface area contributed by atoms with Gasteiger partial charge in [0.15, 0.2) is 0 Å². The molecule has 0 radical (unpaired) electrons. The second-order valence-electron chi connectivity index (χ2n) is 5.27. The fourth-order valence-corrected chi connectivity index (χ4v) is 2.33. The molecule has 1 aromatic heterocycles. The molecule has 1 heterocycles. The van der Waals surface area contributed by atoms with Crippen molar-refractivity contribution in [2.75, 3.05) is 0 Å². The van der Waals surface area contributed by atoms with Gasteiger partial charge >= 0.3 is 0 Å². The average molecular weight is 313 g/mol. The van der Waals surface area contributed by atoms with Crippen molar-refractivity contribution in [1.29, 1.82) is 5.26 Å². The number of fused-ring (bicyclic) bond motifs is 1. The molecule has 0 saturated heterocycles. The van der Waals surface area contributed by atoms with Gasteiger partial charge in [0, 0.05) is 11.9 Å². The summed E-state index contributed by atoms with van der Waals surface area (Å²) in [6.07, 6.45) is 1.51. The van der Waals surface area contributed by atoms with E-state index in [9.17, 15) is 10.1 Å². The topological polar surface area (TPSA) is 65.8 Å². The van der Waals surface area contributed by atoms with E-state index in [4.69, 9.17) is 0 Å². The van der Waals surface area contributed by atoms with Crippen LogP contribution < -0.4 is 5.32 Å². The van der Waals surface area contributed by atoms with Crippen molar-refractivity contribution >= 4 is 22.9 Å². The zero-order valence-corrected chi connectivity index (χ0v) is 12.9. The van der Waals surface area contributed by atoms with E-state index in [-0.39, 0.29) is 5.57 Å². The first kappa shape index (κ1) is 15.4. The maximum Gasteiger partial charge on any atom is 0.262 e. The summed E-state index contributed by atoms with van der Waals surface area (Å²) in [7, 11) is 0. The number of carbonyl (C=O) groups excluding carboxylic acids is 1. The molecule has 0 unspecified atom stereocenters. The Morgan fingerprint density at radius 2 is 1.79 bits per heavy atom. The van der Waals surface area contributed by atoms with Gasteiger partial charge in [-0.3, -0.25) is 4.79 Å². The molecule has 0 aliphatic rings. The van der Waals surface area contributed by atoms with Crippen LogP contribution in [0.1, 0.15) is 11.3 Å². The predicted molar refractivity (Wildman–Crippen MR) is 93.6 cm³/mol. The van der Waals surface area contributed by atoms with Gasteiger partial charge < -0.3 is 5.32 Å². The first-order valence-electron chi connectivity index (χ1n) is 7.56. The molecule has 0 aliphatic carbocycles. The number of carbonyl (C=O) groups is 1. The molecule has 3 aromatic rings. The third-order valence-electron chi connectivity index (χ3n) is 3.57. The van der Waals surface area contributed by atoms with Crippen LogP contribution in [-0.4, -0.2) is 10.9 Å². The number of nitrogens with one attached hydrogen (secondary N) is 1. The summed E-state index contributed by atoms with van der Waals surface area (Å²) in [5, 5.41) is 13.0. The highest BCUT2D eigenvalue weighted by Crippen LogP contribution is 2.13. The molecule has 24 heavy (non-hydrogen) atoms. The van der Waals surface area contributed by atoms with Gasteiger partial charge in [0.1, 0.15) is 11.6 Å². The number of amides is 1. The molecule has 3 rings (SSSR count). The Morgan fingerprint density at radius 1 is 1.04 bits per heavy atom. The van der Waals surface area contributed by atoms with Crippen molar-refractivity contribution in [3.8, 4) is 6.07 Å². The number of rotatable bonds is 4. The Hall–Kier alpha value is -3.45. The van der Waals surface area contributed by atoms with E-state index in [0.717, 1.165) is 16.5 Å². The molecular formula is C20H15N3O. The number of nitrogens with zero attached hydrogens (tertiary/aromatic N) is 2. The SMILES string of the molecule is N#C/C(=C\c1ccc2ccccc2n1)C(=O)NCc1ccccc1. The number of aromatic nitrogens is 1. The summed E-state index contributed by atoms with van der Waals surface area (Å²) < 4.78 is 0. The van der Waals surface area contributed by atoms with Gasteiger partial charge in [-0.15, -0.1) is 0 Å². The predicted octanol–water partition coefficient (Wildman–Crippen LogP) is 3.46. The summed E-state index contributed by atoms with van der Waals surface area (Å²) in [6, 6.07) is 22.9. The second kappa shape index (κ2) is 7.21. The van der Waals surface area contributed by atoms with E-state index in [1.165, 1.54) is 6.08 Å². The molecule has 116 valence electrons. The fraction of sp³-hybridized carbons (Fsp3) is 0.0500. The van der Waals surface area contributed by atoms with E-state index in [1.54, 1.807) is 6.07 Å². The van der Waals surface area contributed by atoms with Gasteiger partial charge in [-0.05, 0) is 23.8 Å². The highest BCUT2D eigenvalue weighted by Gasteiger charge is 2.09. The third-order valence-corrected chi connectivity index (χ3v) is 3.57. The zero-order valence-electron chi connectivity index (χ0n) is 12.9. The molecule has 2 aromatic carbocycles. The van der Waals surface area contributed by atoms with Gasteiger partial charge in [0.25, 0.3) is 5.91 Å². The van der Waals surface area contributed by atoms with Crippen molar-refractivity contribution in [3.05, 3.63) is 83.6 Å². The Morgan fingerprint density at radius 3 is 2.58 bits per heavy atom. The summed E-state index contributed by atoms with van der Waals surface area (Å²) >= 11 is 0. The lowest BCUT2D eigenvalue weighted by atomic mass is 10.1. The van der Waals surface area contributed by atoms with E-state index < -0.39 is 5.91 Å². The number of pyridine rings is 1. The average Bonchev–Trinajstić information content (AvgIpc) is 2.65. The normalized spacial score (nSPS) is 11.0. The van der Waals surface area contributed by atoms with Gasteiger partial charge in [-0.2, -0.15) is 5.26 Å². The monoisotopic (exact) mass is 313 g/mol. The van der Waals surface area contributed by atoms with Crippen molar-refractivity contribution in [2.24, 2.45) is 0 Å². The molecule has 0 fully saturated rings. The maximum atomic E-state index is 12.2. The van der Waals surface area contributed by atoms with Crippen LogP contribution in [0.25, 0.3) is 17.0 Å². The molecule has 1 amide bonds. The van der Waals surface area contributed by atoms with Crippen molar-refractivity contribution in [3.63, 3.8) is 0 Å². The van der Waals surface area contributed by atoms with Crippen LogP contribution in [0.2, 0.25) is 0 Å². The molecule has 4 heteroatoms. The number of hydrogen-bond acceptors (Lipinski definition) is 3. The second-order valence-corrected chi connectivity index (χ2v) is 5.27. The van der Waals surface area contributed by atoms with Crippen molar-refractivity contribution < 1.29 is 4.79 Å². The highest BCUT2D eigenvalue weighted by molar-refractivity contribution is 6.01. The smallest absolute Gasteiger partial charge is 0.262 e. The Labute approximate surface area is 140 Å². The summed E-state index contributed by atoms with van der Waals surface area (Å²) in [4.78, 5) is 16.6. The van der Waals surface area contributed by atoms with E-state index >= 15 is 0 Å². The van der Waals surface area contributed by atoms with Crippen LogP contribution in [0.4, 0.5) is 0 Å². The molecule has 1 N–H and O–H groups in total. The first-order chi connectivity index (χ1) is 11.8.